The average Bonchev–Trinajstić information content (AvgIpc) is 3.08. The third kappa shape index (κ3) is 6.02. The van der Waals surface area contributed by atoms with E-state index in [4.69, 9.17) is 9.47 Å². The predicted octanol–water partition coefficient (Wildman–Crippen LogP) is 5.51. The van der Waals surface area contributed by atoms with Crippen LogP contribution in [-0.2, 0) is 9.53 Å². The lowest BCUT2D eigenvalue weighted by atomic mass is 10.1. The van der Waals surface area contributed by atoms with Crippen LogP contribution in [0.5, 0.6) is 5.75 Å². The second-order valence-electron chi connectivity index (χ2n) is 7.80. The highest BCUT2D eigenvalue weighted by Crippen LogP contribution is 2.33. The van der Waals surface area contributed by atoms with Gasteiger partial charge in [0, 0.05) is 16.1 Å². The van der Waals surface area contributed by atoms with Crippen molar-refractivity contribution in [3.8, 4) is 5.75 Å². The van der Waals surface area contributed by atoms with Gasteiger partial charge in [-0.1, -0.05) is 17.7 Å². The molecule has 2 aromatic carbocycles. The van der Waals surface area contributed by atoms with Crippen LogP contribution in [0.3, 0.4) is 0 Å². The molecule has 0 saturated carbocycles. The molecule has 2 amide bonds. The van der Waals surface area contributed by atoms with Gasteiger partial charge in [0.2, 0.25) is 0 Å². The fraction of sp³-hybridized carbons (Fsp3) is 0.269. The smallest absolute Gasteiger partial charge is 0.341 e. The normalized spacial score (nSPS) is 11.4. The Balaban J connectivity index is 1.63. The maximum atomic E-state index is 12.8. The Morgan fingerprint density at radius 2 is 1.59 bits per heavy atom. The van der Waals surface area contributed by atoms with Gasteiger partial charge in [0.15, 0.2) is 6.10 Å². The van der Waals surface area contributed by atoms with E-state index in [9.17, 15) is 14.4 Å². The monoisotopic (exact) mass is 480 g/mol. The highest BCUT2D eigenvalue weighted by Gasteiger charge is 2.22. The van der Waals surface area contributed by atoms with Crippen molar-refractivity contribution in [2.24, 2.45) is 0 Å². The van der Waals surface area contributed by atoms with Crippen molar-refractivity contribution in [3.63, 3.8) is 0 Å². The molecule has 1 aromatic heterocycles. The molecule has 0 aliphatic heterocycles. The van der Waals surface area contributed by atoms with Crippen molar-refractivity contribution >= 4 is 39.8 Å². The lowest BCUT2D eigenvalue weighted by molar-refractivity contribution is -0.122. The first-order chi connectivity index (χ1) is 16.2. The van der Waals surface area contributed by atoms with E-state index in [1.165, 1.54) is 11.3 Å². The minimum absolute atomic E-state index is 0.253. The lowest BCUT2D eigenvalue weighted by Crippen LogP contribution is -2.30. The van der Waals surface area contributed by atoms with Gasteiger partial charge in [0.05, 0.1) is 12.2 Å². The van der Waals surface area contributed by atoms with Crippen molar-refractivity contribution < 1.29 is 23.9 Å². The molecule has 178 valence electrons. The molecular weight excluding hydrogens is 452 g/mol. The van der Waals surface area contributed by atoms with Crippen LogP contribution in [0.25, 0.3) is 0 Å². The van der Waals surface area contributed by atoms with Gasteiger partial charge in [-0.25, -0.2) is 4.79 Å². The minimum Gasteiger partial charge on any atom is -0.481 e. The van der Waals surface area contributed by atoms with Gasteiger partial charge in [-0.2, -0.15) is 0 Å². The summed E-state index contributed by atoms with van der Waals surface area (Å²) in [5.74, 6) is -0.636. The SMILES string of the molecule is CCOC(=O)c1c(NC(=O)c2ccc(O[C@H](C)C(=O)Nc3ccc(C)cc3)cc2)sc(C)c1C. The van der Waals surface area contributed by atoms with E-state index < -0.39 is 12.1 Å². The number of benzene rings is 2. The van der Waals surface area contributed by atoms with Crippen molar-refractivity contribution in [1.29, 1.82) is 0 Å². The number of amides is 2. The Hall–Kier alpha value is -3.65. The third-order valence-electron chi connectivity index (χ3n) is 5.21. The molecule has 0 bridgehead atoms. The molecule has 3 rings (SSSR count). The van der Waals surface area contributed by atoms with Gasteiger partial charge in [0.1, 0.15) is 10.8 Å². The number of hydrogen-bond donors (Lipinski definition) is 2. The second-order valence-corrected chi connectivity index (χ2v) is 9.03. The zero-order valence-corrected chi connectivity index (χ0v) is 20.7. The average molecular weight is 481 g/mol. The quantitative estimate of drug-likeness (QED) is 0.415. The summed E-state index contributed by atoms with van der Waals surface area (Å²) in [6, 6.07) is 14.0. The fourth-order valence-electron chi connectivity index (χ4n) is 3.16. The zero-order valence-electron chi connectivity index (χ0n) is 19.9. The molecule has 0 fully saturated rings. The van der Waals surface area contributed by atoms with E-state index >= 15 is 0 Å². The first-order valence-corrected chi connectivity index (χ1v) is 11.7. The highest BCUT2D eigenvalue weighted by atomic mass is 32.1. The van der Waals surface area contributed by atoms with Gasteiger partial charge < -0.3 is 20.1 Å². The molecule has 3 aromatic rings. The Bertz CT molecular complexity index is 1180. The van der Waals surface area contributed by atoms with E-state index in [-0.39, 0.29) is 18.4 Å². The topological polar surface area (TPSA) is 93.7 Å². The van der Waals surface area contributed by atoms with Gasteiger partial charge >= 0.3 is 5.97 Å². The first-order valence-electron chi connectivity index (χ1n) is 10.9. The molecule has 0 spiro atoms. The van der Waals surface area contributed by atoms with Crippen LogP contribution in [-0.4, -0.2) is 30.5 Å². The van der Waals surface area contributed by atoms with Crippen LogP contribution in [0.2, 0.25) is 0 Å². The number of nitrogens with one attached hydrogen (secondary N) is 2. The molecule has 7 nitrogen and oxygen atoms in total. The van der Waals surface area contributed by atoms with Crippen LogP contribution in [0.15, 0.2) is 48.5 Å². The molecule has 34 heavy (non-hydrogen) atoms. The molecule has 8 heteroatoms. The predicted molar refractivity (Wildman–Crippen MR) is 134 cm³/mol. The molecule has 1 heterocycles. The van der Waals surface area contributed by atoms with E-state index in [1.54, 1.807) is 38.1 Å². The summed E-state index contributed by atoms with van der Waals surface area (Å²) < 4.78 is 10.9. The summed E-state index contributed by atoms with van der Waals surface area (Å²) in [6.45, 7) is 9.34. The molecule has 0 unspecified atom stereocenters. The van der Waals surface area contributed by atoms with Gasteiger partial charge in [-0.05, 0) is 76.6 Å². The molecule has 0 saturated heterocycles. The van der Waals surface area contributed by atoms with Crippen LogP contribution < -0.4 is 15.4 Å². The van der Waals surface area contributed by atoms with Crippen molar-refractivity contribution in [2.75, 3.05) is 17.2 Å². The summed E-state index contributed by atoms with van der Waals surface area (Å²) in [5, 5.41) is 6.08. The molecular formula is C26H28N2O5S. The number of hydrogen-bond acceptors (Lipinski definition) is 6. The maximum absolute atomic E-state index is 12.8. The number of rotatable bonds is 8. The van der Waals surface area contributed by atoms with Crippen LogP contribution >= 0.6 is 11.3 Å². The highest BCUT2D eigenvalue weighted by molar-refractivity contribution is 7.16. The van der Waals surface area contributed by atoms with E-state index in [0.29, 0.717) is 27.6 Å². The Morgan fingerprint density at radius 1 is 0.941 bits per heavy atom. The van der Waals surface area contributed by atoms with Crippen molar-refractivity contribution in [1.82, 2.24) is 0 Å². The van der Waals surface area contributed by atoms with E-state index in [1.807, 2.05) is 45.0 Å². The fourth-order valence-corrected chi connectivity index (χ4v) is 4.21. The van der Waals surface area contributed by atoms with Crippen molar-refractivity contribution in [2.45, 2.75) is 40.7 Å². The molecule has 0 aliphatic carbocycles. The van der Waals surface area contributed by atoms with Crippen LogP contribution in [0.1, 0.15) is 50.6 Å². The lowest BCUT2D eigenvalue weighted by Gasteiger charge is -2.15. The Morgan fingerprint density at radius 3 is 2.21 bits per heavy atom. The van der Waals surface area contributed by atoms with Gasteiger partial charge in [0.25, 0.3) is 11.8 Å². The minimum atomic E-state index is -0.731. The molecule has 1 atom stereocenters. The number of carbonyl (C=O) groups excluding carboxylic acids is 3. The Kier molecular flexibility index (Phi) is 8.07. The van der Waals surface area contributed by atoms with E-state index in [2.05, 4.69) is 10.6 Å². The zero-order chi connectivity index (χ0) is 24.8. The first kappa shape index (κ1) is 25.0. The summed E-state index contributed by atoms with van der Waals surface area (Å²) in [7, 11) is 0. The standard InChI is InChI=1S/C26H28N2O5S/c1-6-32-26(31)22-16(3)18(5)34-25(22)28-24(30)19-9-13-21(14-10-19)33-17(4)23(29)27-20-11-7-15(2)8-12-20/h7-14,17H,6H2,1-5H3,(H,27,29)(H,28,30)/t17-/m1/s1. The summed E-state index contributed by atoms with van der Waals surface area (Å²) in [4.78, 5) is 38.4. The number of aryl methyl sites for hydroxylation is 2. The summed E-state index contributed by atoms with van der Waals surface area (Å²) >= 11 is 1.33. The second kappa shape index (κ2) is 11.0. The molecule has 2 N–H and O–H groups in total. The third-order valence-corrected chi connectivity index (χ3v) is 6.33. The van der Waals surface area contributed by atoms with Crippen LogP contribution in [0, 0.1) is 20.8 Å². The van der Waals surface area contributed by atoms with E-state index in [0.717, 1.165) is 16.0 Å². The number of anilines is 2. The summed E-state index contributed by atoms with van der Waals surface area (Å²) in [5.41, 5.74) is 3.36. The number of thiophene rings is 1. The number of esters is 1. The van der Waals surface area contributed by atoms with Crippen molar-refractivity contribution in [3.05, 3.63) is 75.7 Å². The number of ether oxygens (including phenoxy) is 2. The van der Waals surface area contributed by atoms with Gasteiger partial charge in [-0.3, -0.25) is 9.59 Å². The molecule has 0 aliphatic rings. The maximum Gasteiger partial charge on any atom is 0.341 e. The summed E-state index contributed by atoms with van der Waals surface area (Å²) in [6.07, 6.45) is -0.731. The molecule has 0 radical (unpaired) electrons. The largest absolute Gasteiger partial charge is 0.481 e. The Labute approximate surface area is 203 Å². The number of carbonyl (C=O) groups is 3. The van der Waals surface area contributed by atoms with Gasteiger partial charge in [-0.15, -0.1) is 11.3 Å². The van der Waals surface area contributed by atoms with Crippen LogP contribution in [0.4, 0.5) is 10.7 Å².